The molecule has 4 N–H and O–H groups in total. The lowest BCUT2D eigenvalue weighted by Gasteiger charge is -2.13. The summed E-state index contributed by atoms with van der Waals surface area (Å²) in [7, 11) is 0. The third-order valence-electron chi connectivity index (χ3n) is 3.22. The van der Waals surface area contributed by atoms with E-state index in [1.165, 1.54) is 0 Å². The fourth-order valence-electron chi connectivity index (χ4n) is 2.10. The van der Waals surface area contributed by atoms with E-state index in [0.29, 0.717) is 44.4 Å². The van der Waals surface area contributed by atoms with E-state index in [-0.39, 0.29) is 12.5 Å². The lowest BCUT2D eigenvalue weighted by atomic mass is 10.1. The first kappa shape index (κ1) is 20.5. The molecule has 2 aromatic carbocycles. The SMILES string of the molecule is O=C(Nc1cc(Cl)cc(Cl)c1)Nc1cc(Br)ccc1C(=O)NCCCO. The van der Waals surface area contributed by atoms with Crippen LogP contribution in [0.4, 0.5) is 16.2 Å². The normalized spacial score (nSPS) is 10.3. The van der Waals surface area contributed by atoms with E-state index in [9.17, 15) is 9.59 Å². The summed E-state index contributed by atoms with van der Waals surface area (Å²) in [5, 5.41) is 17.5. The Morgan fingerprint density at radius 3 is 2.38 bits per heavy atom. The third kappa shape index (κ3) is 6.17. The molecule has 0 aliphatic rings. The molecule has 0 aliphatic carbocycles. The fraction of sp³-hybridized carbons (Fsp3) is 0.176. The molecule has 9 heteroatoms. The minimum atomic E-state index is -0.550. The van der Waals surface area contributed by atoms with Crippen molar-refractivity contribution in [2.45, 2.75) is 6.42 Å². The number of benzene rings is 2. The minimum Gasteiger partial charge on any atom is -0.396 e. The van der Waals surface area contributed by atoms with Crippen LogP contribution in [0.5, 0.6) is 0 Å². The van der Waals surface area contributed by atoms with Gasteiger partial charge < -0.3 is 21.1 Å². The Kier molecular flexibility index (Phi) is 7.71. The van der Waals surface area contributed by atoms with Crippen molar-refractivity contribution in [3.63, 3.8) is 0 Å². The maximum atomic E-state index is 12.3. The molecule has 0 saturated heterocycles. The van der Waals surface area contributed by atoms with Crippen molar-refractivity contribution in [1.82, 2.24) is 5.32 Å². The number of hydrogen-bond donors (Lipinski definition) is 4. The van der Waals surface area contributed by atoms with Gasteiger partial charge in [0.1, 0.15) is 0 Å². The molecule has 6 nitrogen and oxygen atoms in total. The Morgan fingerprint density at radius 1 is 1.04 bits per heavy atom. The van der Waals surface area contributed by atoms with Crippen molar-refractivity contribution in [3.05, 3.63) is 56.5 Å². The zero-order valence-corrected chi connectivity index (χ0v) is 16.6. The van der Waals surface area contributed by atoms with Crippen LogP contribution in [-0.4, -0.2) is 30.2 Å². The van der Waals surface area contributed by atoms with Crippen LogP contribution in [0.1, 0.15) is 16.8 Å². The van der Waals surface area contributed by atoms with Gasteiger partial charge in [0.25, 0.3) is 5.91 Å². The maximum Gasteiger partial charge on any atom is 0.323 e. The van der Waals surface area contributed by atoms with E-state index in [1.54, 1.807) is 36.4 Å². The summed E-state index contributed by atoms with van der Waals surface area (Å²) in [6.45, 7) is 0.314. The van der Waals surface area contributed by atoms with E-state index in [4.69, 9.17) is 28.3 Å². The highest BCUT2D eigenvalue weighted by Crippen LogP contribution is 2.24. The highest BCUT2D eigenvalue weighted by molar-refractivity contribution is 9.10. The number of urea groups is 1. The van der Waals surface area contributed by atoms with Gasteiger partial charge in [0.05, 0.1) is 11.3 Å². The number of rotatable bonds is 6. The summed E-state index contributed by atoms with van der Waals surface area (Å²) in [6.07, 6.45) is 0.445. The molecule has 0 fully saturated rings. The number of nitrogens with one attached hydrogen (secondary N) is 3. The first-order valence-corrected chi connectivity index (χ1v) is 9.16. The largest absolute Gasteiger partial charge is 0.396 e. The number of amides is 3. The van der Waals surface area contributed by atoms with E-state index in [2.05, 4.69) is 31.9 Å². The summed E-state index contributed by atoms with van der Waals surface area (Å²) in [5.74, 6) is -0.355. The van der Waals surface area contributed by atoms with E-state index in [0.717, 1.165) is 0 Å². The van der Waals surface area contributed by atoms with Crippen molar-refractivity contribution < 1.29 is 14.7 Å². The number of anilines is 2. The summed E-state index contributed by atoms with van der Waals surface area (Å²) >= 11 is 15.1. The van der Waals surface area contributed by atoms with Crippen LogP contribution < -0.4 is 16.0 Å². The second kappa shape index (κ2) is 9.78. The fourth-order valence-corrected chi connectivity index (χ4v) is 2.99. The summed E-state index contributed by atoms with van der Waals surface area (Å²) in [4.78, 5) is 24.5. The number of carbonyl (C=O) groups excluding carboxylic acids is 2. The highest BCUT2D eigenvalue weighted by Gasteiger charge is 2.14. The minimum absolute atomic E-state index is 0.0175. The van der Waals surface area contributed by atoms with E-state index in [1.807, 2.05) is 0 Å². The average molecular weight is 461 g/mol. The monoisotopic (exact) mass is 459 g/mol. The van der Waals surface area contributed by atoms with Gasteiger partial charge in [0, 0.05) is 33.4 Å². The number of carbonyl (C=O) groups is 2. The van der Waals surface area contributed by atoms with Gasteiger partial charge in [-0.15, -0.1) is 0 Å². The third-order valence-corrected chi connectivity index (χ3v) is 4.14. The molecule has 3 amide bonds. The predicted octanol–water partition coefficient (Wildman–Crippen LogP) is 4.51. The van der Waals surface area contributed by atoms with E-state index >= 15 is 0 Å². The molecule has 0 aromatic heterocycles. The van der Waals surface area contributed by atoms with Crippen molar-refractivity contribution in [3.8, 4) is 0 Å². The molecule has 0 heterocycles. The van der Waals surface area contributed by atoms with Gasteiger partial charge >= 0.3 is 6.03 Å². The van der Waals surface area contributed by atoms with Gasteiger partial charge in [-0.3, -0.25) is 4.79 Å². The topological polar surface area (TPSA) is 90.5 Å². The standard InChI is InChI=1S/C17H16BrCl2N3O3/c18-10-2-3-14(16(25)21-4-1-5-24)15(6-10)23-17(26)22-13-8-11(19)7-12(20)9-13/h2-3,6-9,24H,1,4-5H2,(H,21,25)(H2,22,23,26). The van der Waals surface area contributed by atoms with Gasteiger partial charge in [0.15, 0.2) is 0 Å². The van der Waals surface area contributed by atoms with Crippen molar-refractivity contribution in [2.75, 3.05) is 23.8 Å². The van der Waals surface area contributed by atoms with Crippen LogP contribution in [0.3, 0.4) is 0 Å². The van der Waals surface area contributed by atoms with Gasteiger partial charge in [-0.25, -0.2) is 4.79 Å². The number of aliphatic hydroxyl groups is 1. The quantitative estimate of drug-likeness (QED) is 0.478. The molecule has 0 saturated carbocycles. The van der Waals surface area contributed by atoms with Gasteiger partial charge in [-0.2, -0.15) is 0 Å². The smallest absolute Gasteiger partial charge is 0.323 e. The molecule has 0 bridgehead atoms. The summed E-state index contributed by atoms with van der Waals surface area (Å²) in [5.41, 5.74) is 1.04. The van der Waals surface area contributed by atoms with Crippen molar-refractivity contribution in [2.24, 2.45) is 0 Å². The molecule has 0 aliphatic heterocycles. The predicted molar refractivity (Wildman–Crippen MR) is 107 cm³/mol. The molecule has 0 spiro atoms. The molecule has 0 unspecified atom stereocenters. The van der Waals surface area contributed by atoms with Crippen LogP contribution in [0.25, 0.3) is 0 Å². The Morgan fingerprint density at radius 2 is 1.73 bits per heavy atom. The Hall–Kier alpha value is -1.80. The molecule has 2 aromatic rings. The second-order valence-corrected chi connectivity index (χ2v) is 7.05. The van der Waals surface area contributed by atoms with E-state index < -0.39 is 6.03 Å². The van der Waals surface area contributed by atoms with Crippen LogP contribution in [0.2, 0.25) is 10.0 Å². The van der Waals surface area contributed by atoms with Crippen LogP contribution in [0.15, 0.2) is 40.9 Å². The zero-order valence-electron chi connectivity index (χ0n) is 13.5. The number of hydrogen-bond acceptors (Lipinski definition) is 3. The Balaban J connectivity index is 2.13. The van der Waals surface area contributed by atoms with Gasteiger partial charge in [0.2, 0.25) is 0 Å². The maximum absolute atomic E-state index is 12.3. The molecular formula is C17H16BrCl2N3O3. The first-order valence-electron chi connectivity index (χ1n) is 7.62. The molecule has 0 radical (unpaired) electrons. The summed E-state index contributed by atoms with van der Waals surface area (Å²) in [6, 6.07) is 9.00. The van der Waals surface area contributed by atoms with Crippen molar-refractivity contribution >= 4 is 62.4 Å². The van der Waals surface area contributed by atoms with Crippen LogP contribution in [0, 0.1) is 0 Å². The highest BCUT2D eigenvalue weighted by atomic mass is 79.9. The number of halogens is 3. The van der Waals surface area contributed by atoms with Gasteiger partial charge in [-0.1, -0.05) is 39.1 Å². The van der Waals surface area contributed by atoms with Gasteiger partial charge in [-0.05, 0) is 42.8 Å². The van der Waals surface area contributed by atoms with Crippen LogP contribution in [-0.2, 0) is 0 Å². The summed E-state index contributed by atoms with van der Waals surface area (Å²) < 4.78 is 0.700. The molecule has 0 atom stereocenters. The zero-order chi connectivity index (χ0) is 19.1. The number of aliphatic hydroxyl groups excluding tert-OH is 1. The average Bonchev–Trinajstić information content (AvgIpc) is 2.53. The molecule has 138 valence electrons. The molecule has 26 heavy (non-hydrogen) atoms. The van der Waals surface area contributed by atoms with Crippen molar-refractivity contribution in [1.29, 1.82) is 0 Å². The Bertz CT molecular complexity index is 798. The lowest BCUT2D eigenvalue weighted by Crippen LogP contribution is -2.27. The van der Waals surface area contributed by atoms with Crippen LogP contribution >= 0.6 is 39.1 Å². The lowest BCUT2D eigenvalue weighted by molar-refractivity contribution is 0.0952. The Labute approximate surface area is 169 Å². The second-order valence-electron chi connectivity index (χ2n) is 5.26. The first-order chi connectivity index (χ1) is 12.4. The molecular weight excluding hydrogens is 445 g/mol. The molecule has 2 rings (SSSR count).